The Morgan fingerprint density at radius 2 is 2.29 bits per heavy atom. The molecule has 4 nitrogen and oxygen atoms in total. The predicted octanol–water partition coefficient (Wildman–Crippen LogP) is 2.16. The number of nitriles is 1. The minimum absolute atomic E-state index is 0.0372. The van der Waals surface area contributed by atoms with Crippen LogP contribution in [0.25, 0.3) is 0 Å². The molecule has 0 fully saturated rings. The molecule has 1 aromatic rings. The van der Waals surface area contributed by atoms with E-state index in [0.717, 1.165) is 5.01 Å². The van der Waals surface area contributed by atoms with E-state index in [1.807, 2.05) is 32.2 Å². The van der Waals surface area contributed by atoms with Crippen LogP contribution in [0.5, 0.6) is 0 Å². The molecule has 0 spiro atoms. The van der Waals surface area contributed by atoms with Crippen LogP contribution in [0.3, 0.4) is 0 Å². The Hall–Kier alpha value is -1.41. The average Bonchev–Trinajstić information content (AvgIpc) is 2.79. The second-order valence-electron chi connectivity index (χ2n) is 4.37. The average molecular weight is 251 g/mol. The molecule has 2 atom stereocenters. The molecule has 0 saturated heterocycles. The van der Waals surface area contributed by atoms with Crippen LogP contribution in [-0.4, -0.2) is 17.4 Å². The smallest absolute Gasteiger partial charge is 0.237 e. The summed E-state index contributed by atoms with van der Waals surface area (Å²) < 4.78 is 0. The fraction of sp³-hybridized carbons (Fsp3) is 0.583. The third-order valence-corrected chi connectivity index (χ3v) is 3.55. The summed E-state index contributed by atoms with van der Waals surface area (Å²) in [5.74, 6) is -0.537. The molecule has 1 aromatic heterocycles. The molecule has 1 rings (SSSR count). The number of hydrogen-bond donors (Lipinski definition) is 1. The van der Waals surface area contributed by atoms with E-state index in [1.54, 1.807) is 17.5 Å². The van der Waals surface area contributed by atoms with Gasteiger partial charge >= 0.3 is 0 Å². The summed E-state index contributed by atoms with van der Waals surface area (Å²) in [6.07, 6.45) is 1.75. The van der Waals surface area contributed by atoms with Crippen LogP contribution in [0.15, 0.2) is 11.6 Å². The molecule has 5 heteroatoms. The number of nitrogens with one attached hydrogen (secondary N) is 1. The number of rotatable bonds is 5. The van der Waals surface area contributed by atoms with Gasteiger partial charge < -0.3 is 5.32 Å². The van der Waals surface area contributed by atoms with E-state index in [1.165, 1.54) is 0 Å². The minimum atomic E-state index is -0.571. The second-order valence-corrected chi connectivity index (χ2v) is 5.29. The van der Waals surface area contributed by atoms with Gasteiger partial charge in [-0.15, -0.1) is 11.3 Å². The number of aromatic nitrogens is 1. The molecule has 1 heterocycles. The minimum Gasteiger partial charge on any atom is -0.354 e. The highest BCUT2D eigenvalue weighted by Gasteiger charge is 2.22. The molecule has 17 heavy (non-hydrogen) atoms. The summed E-state index contributed by atoms with van der Waals surface area (Å²) in [7, 11) is 0. The van der Waals surface area contributed by atoms with Crippen molar-refractivity contribution in [1.29, 1.82) is 5.26 Å². The first-order valence-electron chi connectivity index (χ1n) is 5.63. The molecule has 0 saturated carbocycles. The van der Waals surface area contributed by atoms with Crippen LogP contribution < -0.4 is 5.32 Å². The zero-order chi connectivity index (χ0) is 12.8. The standard InChI is InChI=1S/C12H17N3OS/c1-8(2)10(6-13)11(16)15-7-9(3)12-14-4-5-17-12/h4-5,8-10H,7H2,1-3H3,(H,15,16). The van der Waals surface area contributed by atoms with Gasteiger partial charge in [0.25, 0.3) is 0 Å². The number of thiazole rings is 1. The Morgan fingerprint density at radius 1 is 1.59 bits per heavy atom. The van der Waals surface area contributed by atoms with Crippen molar-refractivity contribution in [2.24, 2.45) is 11.8 Å². The monoisotopic (exact) mass is 251 g/mol. The Balaban J connectivity index is 2.46. The summed E-state index contributed by atoms with van der Waals surface area (Å²) in [4.78, 5) is 15.9. The van der Waals surface area contributed by atoms with Crippen molar-refractivity contribution in [2.45, 2.75) is 26.7 Å². The molecule has 1 N–H and O–H groups in total. The highest BCUT2D eigenvalue weighted by atomic mass is 32.1. The van der Waals surface area contributed by atoms with E-state index in [-0.39, 0.29) is 17.7 Å². The van der Waals surface area contributed by atoms with Crippen LogP contribution in [0.2, 0.25) is 0 Å². The fourth-order valence-corrected chi connectivity index (χ4v) is 2.14. The Morgan fingerprint density at radius 3 is 2.76 bits per heavy atom. The Kier molecular flexibility index (Phi) is 5.11. The largest absolute Gasteiger partial charge is 0.354 e. The highest BCUT2D eigenvalue weighted by molar-refractivity contribution is 7.09. The molecule has 0 aliphatic rings. The maximum absolute atomic E-state index is 11.7. The van der Waals surface area contributed by atoms with Gasteiger partial charge in [-0.05, 0) is 5.92 Å². The van der Waals surface area contributed by atoms with Crippen molar-refractivity contribution in [2.75, 3.05) is 6.54 Å². The van der Waals surface area contributed by atoms with Crippen LogP contribution in [0.1, 0.15) is 31.7 Å². The van der Waals surface area contributed by atoms with Crippen molar-refractivity contribution in [3.05, 3.63) is 16.6 Å². The Labute approximate surface area is 106 Å². The zero-order valence-electron chi connectivity index (χ0n) is 10.3. The lowest BCUT2D eigenvalue weighted by atomic mass is 9.96. The molecule has 92 valence electrons. The van der Waals surface area contributed by atoms with Gasteiger partial charge in [-0.25, -0.2) is 4.98 Å². The predicted molar refractivity (Wildman–Crippen MR) is 67.5 cm³/mol. The topological polar surface area (TPSA) is 65.8 Å². The van der Waals surface area contributed by atoms with E-state index < -0.39 is 5.92 Å². The summed E-state index contributed by atoms with van der Waals surface area (Å²) in [5, 5.41) is 14.6. The first-order chi connectivity index (χ1) is 8.06. The van der Waals surface area contributed by atoms with Gasteiger partial charge in [-0.1, -0.05) is 20.8 Å². The summed E-state index contributed by atoms with van der Waals surface area (Å²) in [5.41, 5.74) is 0. The van der Waals surface area contributed by atoms with Crippen LogP contribution in [0.4, 0.5) is 0 Å². The summed E-state index contributed by atoms with van der Waals surface area (Å²) >= 11 is 1.58. The van der Waals surface area contributed by atoms with Gasteiger partial charge in [0.15, 0.2) is 0 Å². The first-order valence-corrected chi connectivity index (χ1v) is 6.51. The quantitative estimate of drug-likeness (QED) is 0.872. The number of hydrogen-bond acceptors (Lipinski definition) is 4. The highest BCUT2D eigenvalue weighted by Crippen LogP contribution is 2.17. The molecule has 0 radical (unpaired) electrons. The van der Waals surface area contributed by atoms with Crippen molar-refractivity contribution < 1.29 is 4.79 Å². The molecule has 0 aliphatic carbocycles. The Bertz CT molecular complexity index is 394. The van der Waals surface area contributed by atoms with Gasteiger partial charge in [-0.2, -0.15) is 5.26 Å². The number of carbonyl (C=O) groups is 1. The van der Waals surface area contributed by atoms with Crippen LogP contribution >= 0.6 is 11.3 Å². The van der Waals surface area contributed by atoms with E-state index in [4.69, 9.17) is 5.26 Å². The van der Waals surface area contributed by atoms with Gasteiger partial charge in [0.05, 0.1) is 11.1 Å². The van der Waals surface area contributed by atoms with Crippen molar-refractivity contribution in [3.63, 3.8) is 0 Å². The normalized spacial score (nSPS) is 14.1. The lowest BCUT2D eigenvalue weighted by Crippen LogP contribution is -2.34. The maximum atomic E-state index is 11.7. The van der Waals surface area contributed by atoms with E-state index in [0.29, 0.717) is 6.54 Å². The summed E-state index contributed by atoms with van der Waals surface area (Å²) in [6.45, 7) is 6.28. The van der Waals surface area contributed by atoms with Crippen molar-refractivity contribution >= 4 is 17.2 Å². The maximum Gasteiger partial charge on any atom is 0.237 e. The molecule has 0 bridgehead atoms. The van der Waals surface area contributed by atoms with Crippen LogP contribution in [0, 0.1) is 23.2 Å². The number of carbonyl (C=O) groups excluding carboxylic acids is 1. The van der Waals surface area contributed by atoms with E-state index >= 15 is 0 Å². The van der Waals surface area contributed by atoms with Gasteiger partial charge in [-0.3, -0.25) is 4.79 Å². The fourth-order valence-electron chi connectivity index (χ4n) is 1.44. The van der Waals surface area contributed by atoms with Gasteiger partial charge in [0.1, 0.15) is 5.92 Å². The van der Waals surface area contributed by atoms with E-state index in [9.17, 15) is 4.79 Å². The molecular formula is C12H17N3OS. The molecule has 1 amide bonds. The zero-order valence-corrected chi connectivity index (χ0v) is 11.1. The summed E-state index contributed by atoms with van der Waals surface area (Å²) in [6, 6.07) is 2.03. The molecule has 2 unspecified atom stereocenters. The lowest BCUT2D eigenvalue weighted by molar-refractivity contribution is -0.124. The van der Waals surface area contributed by atoms with Gasteiger partial charge in [0, 0.05) is 24.0 Å². The number of nitrogens with zero attached hydrogens (tertiary/aromatic N) is 2. The van der Waals surface area contributed by atoms with Crippen molar-refractivity contribution in [1.82, 2.24) is 10.3 Å². The SMILES string of the molecule is CC(CNC(=O)C(C#N)C(C)C)c1nccs1. The molecule has 0 aromatic carbocycles. The third kappa shape index (κ3) is 3.82. The third-order valence-electron chi connectivity index (χ3n) is 2.54. The molecular weight excluding hydrogens is 234 g/mol. The first kappa shape index (κ1) is 13.7. The molecule has 0 aliphatic heterocycles. The lowest BCUT2D eigenvalue weighted by Gasteiger charge is -2.15. The van der Waals surface area contributed by atoms with Crippen molar-refractivity contribution in [3.8, 4) is 6.07 Å². The van der Waals surface area contributed by atoms with E-state index in [2.05, 4.69) is 10.3 Å². The second kappa shape index (κ2) is 6.36. The number of amides is 1. The van der Waals surface area contributed by atoms with Crippen LogP contribution in [-0.2, 0) is 4.79 Å². The van der Waals surface area contributed by atoms with Gasteiger partial charge in [0.2, 0.25) is 5.91 Å².